The van der Waals surface area contributed by atoms with E-state index in [1.165, 1.54) is 4.90 Å². The molecule has 3 fully saturated rings. The highest BCUT2D eigenvalue weighted by Crippen LogP contribution is 2.42. The first-order chi connectivity index (χ1) is 17.0. The quantitative estimate of drug-likeness (QED) is 0.520. The third kappa shape index (κ3) is 5.01. The summed E-state index contributed by atoms with van der Waals surface area (Å²) in [7, 11) is 0. The summed E-state index contributed by atoms with van der Waals surface area (Å²) in [6.07, 6.45) is 7.59. The lowest BCUT2D eigenvalue weighted by Crippen LogP contribution is -2.46. The van der Waals surface area contributed by atoms with Crippen LogP contribution in [0.5, 0.6) is 0 Å². The van der Waals surface area contributed by atoms with Gasteiger partial charge in [-0.3, -0.25) is 24.3 Å². The molecule has 184 valence electrons. The van der Waals surface area contributed by atoms with Crippen molar-refractivity contribution in [1.29, 1.82) is 0 Å². The summed E-state index contributed by atoms with van der Waals surface area (Å²) in [6, 6.07) is 11.2. The van der Waals surface area contributed by atoms with E-state index in [0.717, 1.165) is 49.0 Å². The highest BCUT2D eigenvalue weighted by molar-refractivity contribution is 6.10. The second-order valence-corrected chi connectivity index (χ2v) is 10.3. The Morgan fingerprint density at radius 2 is 1.89 bits per heavy atom. The molecule has 35 heavy (non-hydrogen) atoms. The maximum Gasteiger partial charge on any atom is 0.241 e. The van der Waals surface area contributed by atoms with Gasteiger partial charge in [-0.1, -0.05) is 24.3 Å². The maximum atomic E-state index is 14.0. The normalized spacial score (nSPS) is 24.3. The van der Waals surface area contributed by atoms with Crippen LogP contribution in [0.25, 0.3) is 0 Å². The van der Waals surface area contributed by atoms with Crippen molar-refractivity contribution < 1.29 is 19.1 Å². The number of aryl methyl sites for hydroxylation is 1. The van der Waals surface area contributed by atoms with Crippen molar-refractivity contribution in [2.24, 2.45) is 5.92 Å². The van der Waals surface area contributed by atoms with Crippen molar-refractivity contribution in [2.75, 3.05) is 19.7 Å². The number of carbonyl (C=O) groups excluding carboxylic acids is 3. The summed E-state index contributed by atoms with van der Waals surface area (Å²) in [5.41, 5.74) is 1.33. The van der Waals surface area contributed by atoms with E-state index in [1.54, 1.807) is 24.5 Å². The third-order valence-electron chi connectivity index (χ3n) is 7.59. The Hall–Kier alpha value is -3.06. The van der Waals surface area contributed by atoms with Gasteiger partial charge in [0.15, 0.2) is 0 Å². The minimum Gasteiger partial charge on any atom is -0.376 e. The van der Waals surface area contributed by atoms with E-state index in [9.17, 15) is 14.4 Å². The molecule has 7 nitrogen and oxygen atoms in total. The summed E-state index contributed by atoms with van der Waals surface area (Å²) in [5, 5.41) is 0. The minimum absolute atomic E-state index is 0.00467. The lowest BCUT2D eigenvalue weighted by molar-refractivity contribution is -0.143. The first-order valence-corrected chi connectivity index (χ1v) is 12.7. The van der Waals surface area contributed by atoms with Crippen LogP contribution in [-0.2, 0) is 31.1 Å². The molecule has 1 saturated carbocycles. The van der Waals surface area contributed by atoms with E-state index >= 15 is 0 Å². The van der Waals surface area contributed by atoms with Crippen LogP contribution >= 0.6 is 0 Å². The second-order valence-electron chi connectivity index (χ2n) is 10.3. The molecule has 0 spiro atoms. The number of hydrogen-bond donors (Lipinski definition) is 0. The number of amides is 3. The second kappa shape index (κ2) is 9.90. The van der Waals surface area contributed by atoms with E-state index in [1.807, 2.05) is 36.1 Å². The number of benzene rings is 1. The molecule has 3 amide bonds. The molecule has 2 aliphatic heterocycles. The van der Waals surface area contributed by atoms with Crippen molar-refractivity contribution in [3.8, 4) is 0 Å². The predicted molar refractivity (Wildman–Crippen MR) is 130 cm³/mol. The van der Waals surface area contributed by atoms with Gasteiger partial charge in [0.05, 0.1) is 18.1 Å². The molecule has 2 aromatic rings. The molecule has 1 aliphatic carbocycles. The van der Waals surface area contributed by atoms with Gasteiger partial charge < -0.3 is 9.64 Å². The molecule has 5 rings (SSSR count). The lowest BCUT2D eigenvalue weighted by atomic mass is 9.74. The number of nitrogens with zero attached hydrogens (tertiary/aromatic N) is 3. The predicted octanol–water partition coefficient (Wildman–Crippen LogP) is 3.39. The van der Waals surface area contributed by atoms with Crippen LogP contribution in [0.3, 0.4) is 0 Å². The van der Waals surface area contributed by atoms with E-state index in [0.29, 0.717) is 19.0 Å². The number of likely N-dealkylation sites (tertiary alicyclic amines) is 1. The smallest absolute Gasteiger partial charge is 0.241 e. The number of imide groups is 1. The Balaban J connectivity index is 1.45. The molecule has 0 bridgehead atoms. The average Bonchev–Trinajstić information content (AvgIpc) is 3.47. The molecule has 0 unspecified atom stereocenters. The van der Waals surface area contributed by atoms with Crippen molar-refractivity contribution in [2.45, 2.75) is 63.5 Å². The Labute approximate surface area is 206 Å². The Morgan fingerprint density at radius 1 is 1.11 bits per heavy atom. The SMILES string of the molecule is Cc1ccccc1[C@]1(CC(=O)N(CC2CC2)C[C@H]2CCCO2)CC(=O)N(Cc2ccncc2)C1=O. The zero-order chi connectivity index (χ0) is 24.4. The number of pyridine rings is 1. The zero-order valence-corrected chi connectivity index (χ0v) is 20.3. The van der Waals surface area contributed by atoms with Crippen LogP contribution < -0.4 is 0 Å². The zero-order valence-electron chi connectivity index (χ0n) is 20.3. The first kappa shape index (κ1) is 23.7. The molecule has 3 aliphatic rings. The molecule has 2 atom stereocenters. The molecule has 0 N–H and O–H groups in total. The fraction of sp³-hybridized carbons (Fsp3) is 0.500. The van der Waals surface area contributed by atoms with E-state index < -0.39 is 5.41 Å². The van der Waals surface area contributed by atoms with Crippen LogP contribution in [0.4, 0.5) is 0 Å². The lowest BCUT2D eigenvalue weighted by Gasteiger charge is -2.32. The minimum atomic E-state index is -1.19. The molecular weight excluding hydrogens is 442 g/mol. The molecule has 1 aromatic heterocycles. The molecule has 0 radical (unpaired) electrons. The Morgan fingerprint density at radius 3 is 2.57 bits per heavy atom. The van der Waals surface area contributed by atoms with Gasteiger partial charge in [-0.05, 0) is 67.3 Å². The Bertz CT molecular complexity index is 1090. The fourth-order valence-corrected chi connectivity index (χ4v) is 5.48. The first-order valence-electron chi connectivity index (χ1n) is 12.7. The van der Waals surface area contributed by atoms with Crippen LogP contribution in [-0.4, -0.2) is 58.3 Å². The number of carbonyl (C=O) groups is 3. The van der Waals surface area contributed by atoms with Gasteiger partial charge in [0.2, 0.25) is 17.7 Å². The monoisotopic (exact) mass is 475 g/mol. The summed E-state index contributed by atoms with van der Waals surface area (Å²) < 4.78 is 5.83. The highest BCUT2D eigenvalue weighted by atomic mass is 16.5. The van der Waals surface area contributed by atoms with Gasteiger partial charge in [0.25, 0.3) is 0 Å². The Kier molecular flexibility index (Phi) is 6.69. The van der Waals surface area contributed by atoms with Gasteiger partial charge in [-0.2, -0.15) is 0 Å². The largest absolute Gasteiger partial charge is 0.376 e. The molecule has 1 aromatic carbocycles. The van der Waals surface area contributed by atoms with Crippen molar-refractivity contribution in [3.05, 3.63) is 65.5 Å². The van der Waals surface area contributed by atoms with Crippen LogP contribution in [0, 0.1) is 12.8 Å². The average molecular weight is 476 g/mol. The van der Waals surface area contributed by atoms with Gasteiger partial charge in [-0.15, -0.1) is 0 Å². The number of ether oxygens (including phenoxy) is 1. The standard InChI is InChI=1S/C28H33N3O4/c1-20-5-2-3-7-24(20)28(16-26(33)31(27(28)34)18-22-10-12-29-13-11-22)15-25(32)30(17-21-8-9-21)19-23-6-4-14-35-23/h2-3,5,7,10-13,21,23H,4,6,8-9,14-19H2,1H3/t23-,28+/m1/s1. The van der Waals surface area contributed by atoms with Crippen LogP contribution in [0.15, 0.2) is 48.8 Å². The van der Waals surface area contributed by atoms with Gasteiger partial charge >= 0.3 is 0 Å². The van der Waals surface area contributed by atoms with Crippen LogP contribution in [0.1, 0.15) is 55.2 Å². The summed E-state index contributed by atoms with van der Waals surface area (Å²) in [5.74, 6) is -0.0670. The number of rotatable bonds is 9. The molecular formula is C28H33N3O4. The van der Waals surface area contributed by atoms with E-state index in [-0.39, 0.29) is 43.2 Å². The van der Waals surface area contributed by atoms with Crippen molar-refractivity contribution in [3.63, 3.8) is 0 Å². The third-order valence-corrected chi connectivity index (χ3v) is 7.59. The maximum absolute atomic E-state index is 14.0. The number of aromatic nitrogens is 1. The van der Waals surface area contributed by atoms with Gasteiger partial charge in [0, 0.05) is 44.9 Å². The van der Waals surface area contributed by atoms with Crippen molar-refractivity contribution >= 4 is 17.7 Å². The molecule has 2 saturated heterocycles. The topological polar surface area (TPSA) is 79.8 Å². The highest BCUT2D eigenvalue weighted by Gasteiger charge is 2.54. The molecule has 7 heteroatoms. The van der Waals surface area contributed by atoms with E-state index in [2.05, 4.69) is 4.98 Å². The van der Waals surface area contributed by atoms with E-state index in [4.69, 9.17) is 4.74 Å². The van der Waals surface area contributed by atoms with Crippen LogP contribution in [0.2, 0.25) is 0 Å². The summed E-state index contributed by atoms with van der Waals surface area (Å²) in [6.45, 7) is 4.12. The summed E-state index contributed by atoms with van der Waals surface area (Å²) >= 11 is 0. The molecule has 3 heterocycles. The number of hydrogen-bond acceptors (Lipinski definition) is 5. The summed E-state index contributed by atoms with van der Waals surface area (Å²) in [4.78, 5) is 48.4. The van der Waals surface area contributed by atoms with Gasteiger partial charge in [-0.25, -0.2) is 0 Å². The van der Waals surface area contributed by atoms with Crippen molar-refractivity contribution in [1.82, 2.24) is 14.8 Å². The van der Waals surface area contributed by atoms with Gasteiger partial charge in [0.1, 0.15) is 0 Å². The fourth-order valence-electron chi connectivity index (χ4n) is 5.48.